The van der Waals surface area contributed by atoms with Gasteiger partial charge in [0.1, 0.15) is 0 Å². The van der Waals surface area contributed by atoms with E-state index in [1.54, 1.807) is 0 Å². The van der Waals surface area contributed by atoms with Crippen LogP contribution in [-0.4, -0.2) is 60.9 Å². The summed E-state index contributed by atoms with van der Waals surface area (Å²) < 4.78 is 5.52. The maximum absolute atomic E-state index is 13.0. The quantitative estimate of drug-likeness (QED) is 0.797. The molecule has 2 fully saturated rings. The van der Waals surface area contributed by atoms with Gasteiger partial charge in [-0.05, 0) is 38.8 Å². The number of aliphatic hydroxyl groups is 1. The molecule has 0 aliphatic carbocycles. The van der Waals surface area contributed by atoms with Crippen molar-refractivity contribution in [1.29, 1.82) is 0 Å². The summed E-state index contributed by atoms with van der Waals surface area (Å²) in [4.78, 5) is 14.9. The second kappa shape index (κ2) is 6.41. The summed E-state index contributed by atoms with van der Waals surface area (Å²) in [5, 5.41) is 12.6. The fraction of sp³-hybridized carbons (Fsp3) is 0.933. The molecule has 0 aromatic rings. The second-order valence-electron chi connectivity index (χ2n) is 6.71. The van der Waals surface area contributed by atoms with E-state index in [1.807, 2.05) is 11.8 Å². The van der Waals surface area contributed by atoms with Crippen LogP contribution in [-0.2, 0) is 9.53 Å². The Balaban J connectivity index is 2.07. The third-order valence-electron chi connectivity index (χ3n) is 4.84. The minimum absolute atomic E-state index is 0.0259. The van der Waals surface area contributed by atoms with Gasteiger partial charge in [-0.3, -0.25) is 4.79 Å². The van der Waals surface area contributed by atoms with Gasteiger partial charge in [0.25, 0.3) is 0 Å². The standard InChI is InChI=1S/C15H28N2O3/c1-11-10-20-13(9-18)8-17(11)14(19)15(2,3)12-5-4-6-16-7-12/h11-13,16,18H,4-10H2,1-3H3. The number of morpholine rings is 1. The van der Waals surface area contributed by atoms with E-state index in [1.165, 1.54) is 0 Å². The molecule has 0 bridgehead atoms. The van der Waals surface area contributed by atoms with Crippen LogP contribution in [0, 0.1) is 11.3 Å². The second-order valence-corrected chi connectivity index (χ2v) is 6.71. The number of hydrogen-bond donors (Lipinski definition) is 2. The lowest BCUT2D eigenvalue weighted by molar-refractivity contribution is -0.158. The molecule has 3 atom stereocenters. The van der Waals surface area contributed by atoms with Crippen LogP contribution in [0.15, 0.2) is 0 Å². The summed E-state index contributed by atoms with van der Waals surface area (Å²) in [6.45, 7) is 9.09. The molecule has 0 aromatic heterocycles. The minimum atomic E-state index is -0.362. The fourth-order valence-electron chi connectivity index (χ4n) is 3.22. The van der Waals surface area contributed by atoms with Crippen LogP contribution in [0.3, 0.4) is 0 Å². The van der Waals surface area contributed by atoms with E-state index in [9.17, 15) is 9.90 Å². The van der Waals surface area contributed by atoms with E-state index in [-0.39, 0.29) is 30.1 Å². The fourth-order valence-corrected chi connectivity index (χ4v) is 3.22. The van der Waals surface area contributed by atoms with Crippen molar-refractivity contribution in [3.8, 4) is 0 Å². The van der Waals surface area contributed by atoms with E-state index in [0.717, 1.165) is 25.9 Å². The van der Waals surface area contributed by atoms with Gasteiger partial charge in [0.05, 0.1) is 25.4 Å². The Labute approximate surface area is 121 Å². The Morgan fingerprint density at radius 1 is 1.50 bits per heavy atom. The monoisotopic (exact) mass is 284 g/mol. The van der Waals surface area contributed by atoms with Gasteiger partial charge >= 0.3 is 0 Å². The molecule has 3 unspecified atom stereocenters. The van der Waals surface area contributed by atoms with Gasteiger partial charge in [-0.15, -0.1) is 0 Å². The first-order valence-corrected chi connectivity index (χ1v) is 7.71. The minimum Gasteiger partial charge on any atom is -0.394 e. The van der Waals surface area contributed by atoms with Crippen molar-refractivity contribution in [2.24, 2.45) is 11.3 Å². The van der Waals surface area contributed by atoms with Gasteiger partial charge in [-0.2, -0.15) is 0 Å². The molecule has 5 nitrogen and oxygen atoms in total. The maximum Gasteiger partial charge on any atom is 0.228 e. The van der Waals surface area contributed by atoms with Crippen LogP contribution in [0.4, 0.5) is 0 Å². The van der Waals surface area contributed by atoms with Crippen molar-refractivity contribution in [2.45, 2.75) is 45.8 Å². The zero-order valence-corrected chi connectivity index (χ0v) is 12.9. The zero-order chi connectivity index (χ0) is 14.8. The largest absolute Gasteiger partial charge is 0.394 e. The number of nitrogens with zero attached hydrogens (tertiary/aromatic N) is 1. The third-order valence-corrected chi connectivity index (χ3v) is 4.84. The molecule has 0 radical (unpaired) electrons. The van der Waals surface area contributed by atoms with Gasteiger partial charge in [-0.1, -0.05) is 13.8 Å². The Hall–Kier alpha value is -0.650. The molecule has 2 aliphatic rings. The number of rotatable bonds is 3. The summed E-state index contributed by atoms with van der Waals surface area (Å²) in [6, 6.07) is 0.0844. The molecule has 0 aromatic carbocycles. The SMILES string of the molecule is CC1COC(CO)CN1C(=O)C(C)(C)C1CCCNC1. The van der Waals surface area contributed by atoms with Crippen molar-refractivity contribution in [1.82, 2.24) is 10.2 Å². The lowest BCUT2D eigenvalue weighted by atomic mass is 9.73. The molecular weight excluding hydrogens is 256 g/mol. The molecule has 5 heteroatoms. The first-order valence-electron chi connectivity index (χ1n) is 7.71. The highest BCUT2D eigenvalue weighted by molar-refractivity contribution is 5.82. The Kier molecular flexibility index (Phi) is 5.04. The van der Waals surface area contributed by atoms with Gasteiger partial charge in [0, 0.05) is 12.0 Å². The van der Waals surface area contributed by atoms with Crippen LogP contribution in [0.25, 0.3) is 0 Å². The van der Waals surface area contributed by atoms with E-state index >= 15 is 0 Å². The average molecular weight is 284 g/mol. The van der Waals surface area contributed by atoms with Gasteiger partial charge < -0.3 is 20.1 Å². The van der Waals surface area contributed by atoms with Gasteiger partial charge in [0.15, 0.2) is 0 Å². The third kappa shape index (κ3) is 3.15. The van der Waals surface area contributed by atoms with E-state index in [2.05, 4.69) is 19.2 Å². The molecule has 2 rings (SSSR count). The summed E-state index contributed by atoms with van der Waals surface area (Å²) in [5.41, 5.74) is -0.362. The van der Waals surface area contributed by atoms with Crippen molar-refractivity contribution in [3.63, 3.8) is 0 Å². The summed E-state index contributed by atoms with van der Waals surface area (Å²) >= 11 is 0. The van der Waals surface area contributed by atoms with Crippen molar-refractivity contribution >= 4 is 5.91 Å². The Morgan fingerprint density at radius 2 is 2.25 bits per heavy atom. The number of hydrogen-bond acceptors (Lipinski definition) is 4. The smallest absolute Gasteiger partial charge is 0.228 e. The number of amides is 1. The first kappa shape index (κ1) is 15.7. The summed E-state index contributed by atoms with van der Waals surface area (Å²) in [6.07, 6.45) is 2.00. The highest BCUT2D eigenvalue weighted by Gasteiger charge is 2.42. The molecule has 2 N–H and O–H groups in total. The predicted molar refractivity (Wildman–Crippen MR) is 77.4 cm³/mol. The lowest BCUT2D eigenvalue weighted by Gasteiger charge is -2.44. The molecule has 2 heterocycles. The number of piperidine rings is 1. The molecule has 0 saturated carbocycles. The topological polar surface area (TPSA) is 61.8 Å². The Bertz CT molecular complexity index is 340. The normalized spacial score (nSPS) is 32.2. The van der Waals surface area contributed by atoms with Crippen LogP contribution < -0.4 is 5.32 Å². The number of carbonyl (C=O) groups excluding carboxylic acids is 1. The highest BCUT2D eigenvalue weighted by atomic mass is 16.5. The zero-order valence-electron chi connectivity index (χ0n) is 12.9. The highest BCUT2D eigenvalue weighted by Crippen LogP contribution is 2.34. The molecule has 0 spiro atoms. The van der Waals surface area contributed by atoms with Crippen LogP contribution in [0.1, 0.15) is 33.6 Å². The number of aliphatic hydroxyl groups excluding tert-OH is 1. The molecule has 2 saturated heterocycles. The van der Waals surface area contributed by atoms with Crippen molar-refractivity contribution in [2.75, 3.05) is 32.8 Å². The molecule has 1 amide bonds. The molecule has 20 heavy (non-hydrogen) atoms. The summed E-state index contributed by atoms with van der Waals surface area (Å²) in [5.74, 6) is 0.576. The molecular formula is C15H28N2O3. The van der Waals surface area contributed by atoms with Crippen LogP contribution in [0.5, 0.6) is 0 Å². The number of ether oxygens (including phenoxy) is 1. The number of nitrogens with one attached hydrogen (secondary N) is 1. The lowest BCUT2D eigenvalue weighted by Crippen LogP contribution is -2.57. The van der Waals surface area contributed by atoms with E-state index in [0.29, 0.717) is 19.1 Å². The Morgan fingerprint density at radius 3 is 2.85 bits per heavy atom. The maximum atomic E-state index is 13.0. The van der Waals surface area contributed by atoms with Gasteiger partial charge in [0.2, 0.25) is 5.91 Å². The van der Waals surface area contributed by atoms with E-state index < -0.39 is 0 Å². The van der Waals surface area contributed by atoms with E-state index in [4.69, 9.17) is 4.74 Å². The average Bonchev–Trinajstić information content (AvgIpc) is 2.48. The first-order chi connectivity index (χ1) is 9.46. The molecule has 116 valence electrons. The van der Waals surface area contributed by atoms with Crippen LogP contribution >= 0.6 is 0 Å². The van der Waals surface area contributed by atoms with Crippen LogP contribution in [0.2, 0.25) is 0 Å². The predicted octanol–water partition coefficient (Wildman–Crippen LogP) is 0.620. The number of carbonyl (C=O) groups is 1. The van der Waals surface area contributed by atoms with Gasteiger partial charge in [-0.25, -0.2) is 0 Å². The van der Waals surface area contributed by atoms with Crippen molar-refractivity contribution in [3.05, 3.63) is 0 Å². The molecule has 2 aliphatic heterocycles. The summed E-state index contributed by atoms with van der Waals surface area (Å²) in [7, 11) is 0. The van der Waals surface area contributed by atoms with Crippen molar-refractivity contribution < 1.29 is 14.6 Å².